The number of carbonyl (C=O) groups is 2. The molecule has 5 fully saturated rings. The summed E-state index contributed by atoms with van der Waals surface area (Å²) in [6.45, 7) is 3.20. The fraction of sp³-hybridized carbons (Fsp3) is 0.548. The number of amides is 1. The molecule has 6 aliphatic rings. The van der Waals surface area contributed by atoms with Crippen molar-refractivity contribution in [3.8, 4) is 11.5 Å². The number of hydrogen-bond acceptors (Lipinski definition) is 4. The van der Waals surface area contributed by atoms with Gasteiger partial charge in [0.1, 0.15) is 5.75 Å². The van der Waals surface area contributed by atoms with Crippen molar-refractivity contribution in [2.24, 2.45) is 29.1 Å². The number of piperidine rings is 1. The van der Waals surface area contributed by atoms with E-state index in [-0.39, 0.29) is 11.3 Å². The minimum absolute atomic E-state index is 0.00116. The molecule has 0 radical (unpaired) electrons. The third-order valence-corrected chi connectivity index (χ3v) is 9.88. The van der Waals surface area contributed by atoms with Crippen molar-refractivity contribution in [2.75, 3.05) is 31.1 Å². The van der Waals surface area contributed by atoms with Crippen LogP contribution in [0, 0.1) is 29.1 Å². The molecular formula is C31H36N2O3. The van der Waals surface area contributed by atoms with Crippen molar-refractivity contribution in [3.05, 3.63) is 54.1 Å². The number of likely N-dealkylation sites (tertiary alicyclic amines) is 1. The van der Waals surface area contributed by atoms with Gasteiger partial charge in [-0.15, -0.1) is 0 Å². The summed E-state index contributed by atoms with van der Waals surface area (Å²) in [6.07, 6.45) is 9.66. The Bertz CT molecular complexity index is 1150. The SMILES string of the molecule is O=C1c2ccccc2Oc2ccccc2N1CC1CCN(CC(=O)C23CC4CC(CC(C4)C2)C3)CC1. The Morgan fingerprint density at radius 3 is 2.17 bits per heavy atom. The molecular weight excluding hydrogens is 448 g/mol. The molecule has 0 unspecified atom stereocenters. The average molecular weight is 485 g/mol. The molecule has 5 nitrogen and oxygen atoms in total. The fourth-order valence-corrected chi connectivity index (χ4v) is 8.46. The highest BCUT2D eigenvalue weighted by Crippen LogP contribution is 2.60. The lowest BCUT2D eigenvalue weighted by Crippen LogP contribution is -2.53. The quantitative estimate of drug-likeness (QED) is 0.527. The summed E-state index contributed by atoms with van der Waals surface area (Å²) in [6, 6.07) is 15.4. The Kier molecular flexibility index (Phi) is 5.46. The van der Waals surface area contributed by atoms with E-state index < -0.39 is 0 Å². The van der Waals surface area contributed by atoms with Gasteiger partial charge in [-0.1, -0.05) is 24.3 Å². The number of hydrogen-bond donors (Lipinski definition) is 0. The van der Waals surface area contributed by atoms with Crippen LogP contribution < -0.4 is 9.64 Å². The summed E-state index contributed by atoms with van der Waals surface area (Å²) in [5.74, 6) is 4.75. The summed E-state index contributed by atoms with van der Waals surface area (Å²) in [7, 11) is 0. The highest BCUT2D eigenvalue weighted by Gasteiger charge is 2.54. The number of nitrogens with zero attached hydrogens (tertiary/aromatic N) is 2. The van der Waals surface area contributed by atoms with Gasteiger partial charge in [0.15, 0.2) is 11.5 Å². The van der Waals surface area contributed by atoms with Gasteiger partial charge in [-0.25, -0.2) is 0 Å². The number of rotatable bonds is 5. The first kappa shape index (κ1) is 22.5. The first-order valence-electron chi connectivity index (χ1n) is 14.0. The Morgan fingerprint density at radius 2 is 1.47 bits per heavy atom. The zero-order valence-corrected chi connectivity index (χ0v) is 21.0. The molecule has 2 aromatic rings. The lowest BCUT2D eigenvalue weighted by Gasteiger charge is -2.56. The van der Waals surface area contributed by atoms with Crippen LogP contribution in [-0.2, 0) is 4.79 Å². The minimum atomic E-state index is 0.00116. The van der Waals surface area contributed by atoms with E-state index in [0.717, 1.165) is 74.4 Å². The predicted molar refractivity (Wildman–Crippen MR) is 139 cm³/mol. The number of carbonyl (C=O) groups excluding carboxylic acids is 2. The van der Waals surface area contributed by atoms with Crippen LogP contribution in [0.5, 0.6) is 11.5 Å². The molecule has 4 bridgehead atoms. The van der Waals surface area contributed by atoms with E-state index in [1.165, 1.54) is 19.3 Å². The summed E-state index contributed by atoms with van der Waals surface area (Å²) in [5.41, 5.74) is 1.46. The van der Waals surface area contributed by atoms with E-state index in [1.807, 2.05) is 53.4 Å². The van der Waals surface area contributed by atoms with Crippen LogP contribution in [0.15, 0.2) is 48.5 Å². The van der Waals surface area contributed by atoms with Crippen molar-refractivity contribution in [1.29, 1.82) is 0 Å². The molecule has 4 saturated carbocycles. The highest BCUT2D eigenvalue weighted by molar-refractivity contribution is 6.09. The summed E-state index contributed by atoms with van der Waals surface area (Å²) in [5, 5.41) is 0. The van der Waals surface area contributed by atoms with Gasteiger partial charge >= 0.3 is 0 Å². The van der Waals surface area contributed by atoms with Gasteiger partial charge < -0.3 is 9.64 Å². The molecule has 188 valence electrons. The van der Waals surface area contributed by atoms with E-state index in [4.69, 9.17) is 4.74 Å². The zero-order valence-electron chi connectivity index (χ0n) is 21.0. The maximum Gasteiger partial charge on any atom is 0.262 e. The molecule has 4 aliphatic carbocycles. The lowest BCUT2D eigenvalue weighted by molar-refractivity contribution is -0.145. The minimum Gasteiger partial charge on any atom is -0.454 e. The van der Waals surface area contributed by atoms with Crippen LogP contribution in [0.4, 0.5) is 5.69 Å². The maximum atomic E-state index is 13.6. The van der Waals surface area contributed by atoms with Crippen molar-refractivity contribution < 1.29 is 14.3 Å². The molecule has 1 saturated heterocycles. The molecule has 0 atom stereocenters. The maximum absolute atomic E-state index is 13.6. The highest BCUT2D eigenvalue weighted by atomic mass is 16.5. The van der Waals surface area contributed by atoms with E-state index in [9.17, 15) is 9.59 Å². The number of ketones is 1. The van der Waals surface area contributed by atoms with Gasteiger partial charge in [0, 0.05) is 12.0 Å². The number of anilines is 1. The van der Waals surface area contributed by atoms with Crippen molar-refractivity contribution >= 4 is 17.4 Å². The van der Waals surface area contributed by atoms with Crippen molar-refractivity contribution in [2.45, 2.75) is 51.4 Å². The first-order valence-corrected chi connectivity index (χ1v) is 14.0. The molecule has 8 rings (SSSR count). The van der Waals surface area contributed by atoms with Crippen molar-refractivity contribution in [1.82, 2.24) is 4.90 Å². The van der Waals surface area contributed by atoms with Gasteiger partial charge in [0.2, 0.25) is 0 Å². The zero-order chi connectivity index (χ0) is 24.3. The number of Topliss-reactive ketones (excluding diaryl/α,β-unsaturated/α-hetero) is 1. The normalized spacial score (nSPS) is 31.5. The topological polar surface area (TPSA) is 49.9 Å². The number of fused-ring (bicyclic) bond motifs is 2. The molecule has 0 spiro atoms. The third kappa shape index (κ3) is 3.87. The van der Waals surface area contributed by atoms with Crippen LogP contribution >= 0.6 is 0 Å². The lowest BCUT2D eigenvalue weighted by atomic mass is 9.48. The summed E-state index contributed by atoms with van der Waals surface area (Å²) >= 11 is 0. The van der Waals surface area contributed by atoms with Gasteiger partial charge in [0.25, 0.3) is 5.91 Å². The Hall–Kier alpha value is -2.66. The number of benzene rings is 2. The summed E-state index contributed by atoms with van der Waals surface area (Å²) in [4.78, 5) is 31.5. The third-order valence-electron chi connectivity index (χ3n) is 9.88. The van der Waals surface area contributed by atoms with Crippen LogP contribution in [0.1, 0.15) is 61.7 Å². The predicted octanol–water partition coefficient (Wildman–Crippen LogP) is 5.94. The Morgan fingerprint density at radius 1 is 0.861 bits per heavy atom. The molecule has 1 amide bonds. The average Bonchev–Trinajstić information content (AvgIpc) is 2.99. The van der Waals surface area contributed by atoms with E-state index in [1.54, 1.807) is 0 Å². The molecule has 0 N–H and O–H groups in total. The van der Waals surface area contributed by atoms with Crippen LogP contribution in [0.25, 0.3) is 0 Å². The van der Waals surface area contributed by atoms with E-state index in [2.05, 4.69) is 4.90 Å². The molecule has 2 aromatic carbocycles. The largest absolute Gasteiger partial charge is 0.454 e. The van der Waals surface area contributed by atoms with Crippen LogP contribution in [0.3, 0.4) is 0 Å². The standard InChI is InChI=1S/C31H36N2O3/c34-29(31-16-22-13-23(17-31)15-24(14-22)18-31)20-32-11-9-21(10-12-32)19-33-26-6-2-4-8-28(26)36-27-7-3-1-5-25(27)30(33)35/h1-8,21-24H,9-20H2. The molecule has 36 heavy (non-hydrogen) atoms. The van der Waals surface area contributed by atoms with Crippen LogP contribution in [-0.4, -0.2) is 42.8 Å². The fourth-order valence-electron chi connectivity index (χ4n) is 8.46. The first-order chi connectivity index (χ1) is 17.6. The molecule has 2 aliphatic heterocycles. The van der Waals surface area contributed by atoms with E-state index >= 15 is 0 Å². The van der Waals surface area contributed by atoms with E-state index in [0.29, 0.717) is 36.1 Å². The second kappa shape index (κ2) is 8.72. The van der Waals surface area contributed by atoms with Gasteiger partial charge in [-0.2, -0.15) is 0 Å². The molecule has 0 aromatic heterocycles. The smallest absolute Gasteiger partial charge is 0.262 e. The Balaban J connectivity index is 1.02. The monoisotopic (exact) mass is 484 g/mol. The number of ether oxygens (including phenoxy) is 1. The second-order valence-electron chi connectivity index (χ2n) is 12.3. The van der Waals surface area contributed by atoms with Gasteiger partial charge in [-0.3, -0.25) is 14.5 Å². The van der Waals surface area contributed by atoms with Gasteiger partial charge in [-0.05, 0) is 112 Å². The van der Waals surface area contributed by atoms with Gasteiger partial charge in [0.05, 0.1) is 17.8 Å². The van der Waals surface area contributed by atoms with Crippen LogP contribution in [0.2, 0.25) is 0 Å². The van der Waals surface area contributed by atoms with Crippen molar-refractivity contribution in [3.63, 3.8) is 0 Å². The molecule has 5 heteroatoms. The summed E-state index contributed by atoms with van der Waals surface area (Å²) < 4.78 is 6.15. The number of para-hydroxylation sites is 3. The molecule has 2 heterocycles. The Labute approximate surface area is 213 Å². The second-order valence-corrected chi connectivity index (χ2v) is 12.3.